The molecule has 0 spiro atoms. The van der Waals surface area contributed by atoms with Crippen molar-refractivity contribution in [2.24, 2.45) is 0 Å². The molecule has 5 heterocycles. The predicted molar refractivity (Wildman–Crippen MR) is 95.9 cm³/mol. The summed E-state index contributed by atoms with van der Waals surface area (Å²) < 4.78 is 13.5. The van der Waals surface area contributed by atoms with Gasteiger partial charge in [-0.25, -0.2) is 9.97 Å². The summed E-state index contributed by atoms with van der Waals surface area (Å²) >= 11 is 1.70. The van der Waals surface area contributed by atoms with E-state index in [0.29, 0.717) is 18.2 Å². The van der Waals surface area contributed by atoms with E-state index in [9.17, 15) is 0 Å². The van der Waals surface area contributed by atoms with Gasteiger partial charge in [0.15, 0.2) is 11.4 Å². The number of aromatic nitrogens is 4. The summed E-state index contributed by atoms with van der Waals surface area (Å²) in [4.78, 5) is 11.8. The Bertz CT molecular complexity index is 1140. The predicted octanol–water partition coefficient (Wildman–Crippen LogP) is 4.07. The maximum Gasteiger partial charge on any atom is 0.217 e. The van der Waals surface area contributed by atoms with Gasteiger partial charge in [-0.05, 0) is 45.4 Å². The van der Waals surface area contributed by atoms with Crippen molar-refractivity contribution < 1.29 is 9.15 Å². The quantitative estimate of drug-likeness (QED) is 0.515. The summed E-state index contributed by atoms with van der Waals surface area (Å²) in [6.07, 6.45) is 0.852. The molecule has 1 aliphatic rings. The van der Waals surface area contributed by atoms with E-state index < -0.39 is 0 Å². The summed E-state index contributed by atoms with van der Waals surface area (Å²) in [6, 6.07) is 3.83. The van der Waals surface area contributed by atoms with Crippen molar-refractivity contribution in [3.8, 4) is 11.6 Å². The molecule has 0 saturated heterocycles. The highest BCUT2D eigenvalue weighted by atomic mass is 32.1. The lowest BCUT2D eigenvalue weighted by molar-refractivity contribution is -0.0379. The minimum atomic E-state index is -0.177. The molecule has 6 nitrogen and oxygen atoms in total. The second-order valence-electron chi connectivity index (χ2n) is 7.15. The van der Waals surface area contributed by atoms with Crippen LogP contribution < -0.4 is 0 Å². The molecule has 0 radical (unpaired) electrons. The molecule has 4 aromatic heterocycles. The first-order chi connectivity index (χ1) is 11.9. The SMILES string of the molecule is Cc1ccc(-c2nc3c4c5c(sc4nc(C)n3n2)COC(C)(C)C5)o1. The number of fused-ring (bicyclic) bond motifs is 5. The molecule has 0 bridgehead atoms. The molecule has 7 heteroatoms. The Morgan fingerprint density at radius 1 is 1.20 bits per heavy atom. The Morgan fingerprint density at radius 2 is 2.04 bits per heavy atom. The molecule has 25 heavy (non-hydrogen) atoms. The molecular weight excluding hydrogens is 336 g/mol. The number of aryl methyl sites for hydroxylation is 2. The molecule has 1 aliphatic heterocycles. The zero-order valence-corrected chi connectivity index (χ0v) is 15.4. The van der Waals surface area contributed by atoms with E-state index in [-0.39, 0.29) is 5.60 Å². The number of nitrogens with zero attached hydrogens (tertiary/aromatic N) is 4. The Balaban J connectivity index is 1.82. The fraction of sp³-hybridized carbons (Fsp3) is 0.389. The topological polar surface area (TPSA) is 65.5 Å². The first kappa shape index (κ1) is 15.0. The largest absolute Gasteiger partial charge is 0.458 e. The van der Waals surface area contributed by atoms with Crippen LogP contribution >= 0.6 is 11.3 Å². The van der Waals surface area contributed by atoms with Crippen LogP contribution in [0.15, 0.2) is 16.5 Å². The third-order valence-electron chi connectivity index (χ3n) is 4.63. The summed E-state index contributed by atoms with van der Waals surface area (Å²) in [5, 5.41) is 5.73. The molecule has 4 aromatic rings. The lowest BCUT2D eigenvalue weighted by Crippen LogP contribution is -2.31. The number of hydrogen-bond donors (Lipinski definition) is 0. The fourth-order valence-electron chi connectivity index (χ4n) is 3.40. The number of ether oxygens (including phenoxy) is 1. The zero-order chi connectivity index (χ0) is 17.3. The van der Waals surface area contributed by atoms with E-state index in [1.165, 1.54) is 10.4 Å². The van der Waals surface area contributed by atoms with Crippen LogP contribution in [0.3, 0.4) is 0 Å². The number of rotatable bonds is 1. The highest BCUT2D eigenvalue weighted by Gasteiger charge is 2.31. The third-order valence-corrected chi connectivity index (χ3v) is 5.73. The maximum absolute atomic E-state index is 5.97. The van der Waals surface area contributed by atoms with E-state index in [2.05, 4.69) is 18.9 Å². The van der Waals surface area contributed by atoms with Gasteiger partial charge < -0.3 is 9.15 Å². The summed E-state index contributed by atoms with van der Waals surface area (Å²) in [7, 11) is 0. The molecule has 0 unspecified atom stereocenters. The Hall–Kier alpha value is -2.25. The number of hydrogen-bond acceptors (Lipinski definition) is 6. The summed E-state index contributed by atoms with van der Waals surface area (Å²) in [5.41, 5.74) is 1.97. The van der Waals surface area contributed by atoms with Gasteiger partial charge in [-0.3, -0.25) is 0 Å². The van der Waals surface area contributed by atoms with Gasteiger partial charge in [0.05, 0.1) is 17.6 Å². The normalized spacial score (nSPS) is 16.6. The number of thiophene rings is 1. The lowest BCUT2D eigenvalue weighted by Gasteiger charge is -2.30. The molecule has 0 aromatic carbocycles. The molecule has 0 saturated carbocycles. The van der Waals surface area contributed by atoms with Crippen molar-refractivity contribution in [1.82, 2.24) is 19.6 Å². The van der Waals surface area contributed by atoms with E-state index in [1.54, 1.807) is 11.3 Å². The average molecular weight is 354 g/mol. The Labute approximate surface area is 148 Å². The van der Waals surface area contributed by atoms with Gasteiger partial charge in [0, 0.05) is 11.3 Å². The van der Waals surface area contributed by atoms with Gasteiger partial charge in [-0.1, -0.05) is 0 Å². The Morgan fingerprint density at radius 3 is 2.80 bits per heavy atom. The van der Waals surface area contributed by atoms with Gasteiger partial charge in [-0.2, -0.15) is 4.52 Å². The molecule has 0 amide bonds. The molecule has 0 N–H and O–H groups in total. The van der Waals surface area contributed by atoms with Gasteiger partial charge in [0.1, 0.15) is 16.4 Å². The molecule has 0 aliphatic carbocycles. The van der Waals surface area contributed by atoms with Crippen molar-refractivity contribution in [3.05, 3.63) is 34.2 Å². The van der Waals surface area contributed by atoms with Crippen LogP contribution in [-0.4, -0.2) is 25.2 Å². The highest BCUT2D eigenvalue weighted by molar-refractivity contribution is 7.19. The van der Waals surface area contributed by atoms with Gasteiger partial charge >= 0.3 is 0 Å². The van der Waals surface area contributed by atoms with Crippen LogP contribution in [0.5, 0.6) is 0 Å². The number of furan rings is 1. The molecule has 0 atom stereocenters. The minimum Gasteiger partial charge on any atom is -0.458 e. The van der Waals surface area contributed by atoms with Crippen molar-refractivity contribution in [1.29, 1.82) is 0 Å². The highest BCUT2D eigenvalue weighted by Crippen LogP contribution is 2.40. The molecule has 5 rings (SSSR count). The van der Waals surface area contributed by atoms with Gasteiger partial charge in [0.25, 0.3) is 0 Å². The second-order valence-corrected chi connectivity index (χ2v) is 8.23. The van der Waals surface area contributed by atoms with Crippen LogP contribution in [-0.2, 0) is 17.8 Å². The van der Waals surface area contributed by atoms with Crippen LogP contribution in [0.4, 0.5) is 0 Å². The lowest BCUT2D eigenvalue weighted by atomic mass is 9.94. The smallest absolute Gasteiger partial charge is 0.217 e. The second kappa shape index (κ2) is 4.89. The summed E-state index contributed by atoms with van der Waals surface area (Å²) in [5.74, 6) is 2.95. The Kier molecular flexibility index (Phi) is 2.94. The van der Waals surface area contributed by atoms with E-state index in [4.69, 9.17) is 19.1 Å². The first-order valence-electron chi connectivity index (χ1n) is 8.30. The molecule has 0 fully saturated rings. The van der Waals surface area contributed by atoms with E-state index >= 15 is 0 Å². The monoisotopic (exact) mass is 354 g/mol. The van der Waals surface area contributed by atoms with Crippen LogP contribution in [0.25, 0.3) is 27.4 Å². The van der Waals surface area contributed by atoms with Crippen molar-refractivity contribution >= 4 is 27.2 Å². The average Bonchev–Trinajstić information content (AvgIpc) is 3.22. The van der Waals surface area contributed by atoms with Crippen LogP contribution in [0.2, 0.25) is 0 Å². The fourth-order valence-corrected chi connectivity index (χ4v) is 4.54. The first-order valence-corrected chi connectivity index (χ1v) is 9.11. The zero-order valence-electron chi connectivity index (χ0n) is 14.6. The van der Waals surface area contributed by atoms with Gasteiger partial charge in [0.2, 0.25) is 5.82 Å². The van der Waals surface area contributed by atoms with Crippen molar-refractivity contribution in [3.63, 3.8) is 0 Å². The van der Waals surface area contributed by atoms with Crippen molar-refractivity contribution in [2.75, 3.05) is 0 Å². The van der Waals surface area contributed by atoms with E-state index in [0.717, 1.165) is 33.9 Å². The minimum absolute atomic E-state index is 0.177. The molecule has 128 valence electrons. The van der Waals surface area contributed by atoms with Crippen LogP contribution in [0, 0.1) is 13.8 Å². The van der Waals surface area contributed by atoms with Crippen molar-refractivity contribution in [2.45, 2.75) is 46.3 Å². The summed E-state index contributed by atoms with van der Waals surface area (Å²) in [6.45, 7) is 8.75. The standard InChI is InChI=1S/C18H18N4O2S/c1-9-5-6-12(24-9)15-20-16-14-11-7-18(3,4)23-8-13(11)25-17(14)19-10(2)22(16)21-15/h5-6H,7-8H2,1-4H3. The molecular formula is C18H18N4O2S. The van der Waals surface area contributed by atoms with E-state index in [1.807, 2.05) is 30.5 Å². The van der Waals surface area contributed by atoms with Crippen LogP contribution in [0.1, 0.15) is 35.9 Å². The third kappa shape index (κ3) is 2.22. The maximum atomic E-state index is 5.97. The van der Waals surface area contributed by atoms with Gasteiger partial charge in [-0.15, -0.1) is 16.4 Å².